The first-order valence-corrected chi connectivity index (χ1v) is 11.0. The van der Waals surface area contributed by atoms with Crippen molar-refractivity contribution in [3.05, 3.63) is 51.5 Å². The first-order valence-electron chi connectivity index (χ1n) is 10.6. The number of halogens is 1. The van der Waals surface area contributed by atoms with Crippen LogP contribution < -0.4 is 16.0 Å². The molecule has 1 aromatic rings. The van der Waals surface area contributed by atoms with Gasteiger partial charge in [-0.2, -0.15) is 0 Å². The molecule has 2 atom stereocenters. The third-order valence-corrected chi connectivity index (χ3v) is 6.34. The quantitative estimate of drug-likeness (QED) is 0.267. The van der Waals surface area contributed by atoms with E-state index in [1.165, 1.54) is 0 Å². The predicted molar refractivity (Wildman–Crippen MR) is 119 cm³/mol. The van der Waals surface area contributed by atoms with Crippen molar-refractivity contribution in [2.45, 2.75) is 31.9 Å². The molecule has 1 aromatic heterocycles. The summed E-state index contributed by atoms with van der Waals surface area (Å²) in [6.07, 6.45) is 5.71. The number of amides is 1. The van der Waals surface area contributed by atoms with E-state index >= 15 is 0 Å². The van der Waals surface area contributed by atoms with Crippen LogP contribution in [0.5, 0.6) is 0 Å². The van der Waals surface area contributed by atoms with Crippen LogP contribution in [0.25, 0.3) is 6.08 Å². The van der Waals surface area contributed by atoms with E-state index in [9.17, 15) is 9.90 Å². The number of hydrogen-bond donors (Lipinski definition) is 5. The maximum absolute atomic E-state index is 12.5. The van der Waals surface area contributed by atoms with Crippen molar-refractivity contribution in [2.75, 3.05) is 39.3 Å². The van der Waals surface area contributed by atoms with Crippen LogP contribution in [-0.4, -0.2) is 65.5 Å². The van der Waals surface area contributed by atoms with Crippen LogP contribution in [0, 0.1) is 13.8 Å². The molecule has 1 amide bonds. The van der Waals surface area contributed by atoms with Gasteiger partial charge in [-0.3, -0.25) is 15.0 Å². The Balaban J connectivity index is 1.48. The SMILES string of the molecule is Cc1[nH]c(/C=C2\C(=O)NC3=CCC(Cl)C=C32)c(C)c1C(O)NCCN1CCNCC1. The van der Waals surface area contributed by atoms with Crippen molar-refractivity contribution in [2.24, 2.45) is 0 Å². The zero-order chi connectivity index (χ0) is 21.3. The fourth-order valence-corrected chi connectivity index (χ4v) is 4.59. The smallest absolute Gasteiger partial charge is 0.256 e. The molecule has 8 heteroatoms. The van der Waals surface area contributed by atoms with E-state index in [2.05, 4.69) is 25.8 Å². The maximum atomic E-state index is 12.5. The molecule has 0 spiro atoms. The maximum Gasteiger partial charge on any atom is 0.256 e. The zero-order valence-corrected chi connectivity index (χ0v) is 18.3. The highest BCUT2D eigenvalue weighted by Gasteiger charge is 2.30. The number of aliphatic hydroxyl groups excluding tert-OH is 1. The number of fused-ring (bicyclic) bond motifs is 1. The summed E-state index contributed by atoms with van der Waals surface area (Å²) in [4.78, 5) is 18.2. The number of aromatic nitrogens is 1. The van der Waals surface area contributed by atoms with Crippen molar-refractivity contribution >= 4 is 23.6 Å². The van der Waals surface area contributed by atoms with Gasteiger partial charge in [0.05, 0.1) is 11.0 Å². The number of nitrogens with one attached hydrogen (secondary N) is 4. The molecule has 3 aliphatic rings. The number of carbonyl (C=O) groups excluding carboxylic acids is 1. The van der Waals surface area contributed by atoms with E-state index in [1.807, 2.05) is 32.1 Å². The number of piperazine rings is 1. The van der Waals surface area contributed by atoms with Crippen LogP contribution in [0.15, 0.2) is 29.0 Å². The number of aliphatic hydroxyl groups is 1. The molecule has 162 valence electrons. The highest BCUT2D eigenvalue weighted by molar-refractivity contribution is 6.22. The molecule has 30 heavy (non-hydrogen) atoms. The number of hydrogen-bond acceptors (Lipinski definition) is 5. The average Bonchev–Trinajstić information content (AvgIpc) is 3.18. The normalized spacial score (nSPS) is 24.5. The summed E-state index contributed by atoms with van der Waals surface area (Å²) in [5.41, 5.74) is 5.78. The number of rotatable bonds is 6. The molecule has 2 fully saturated rings. The zero-order valence-electron chi connectivity index (χ0n) is 17.5. The molecule has 1 aliphatic carbocycles. The molecule has 2 aliphatic heterocycles. The Morgan fingerprint density at radius 1 is 1.37 bits per heavy atom. The number of nitrogens with zero attached hydrogens (tertiary/aromatic N) is 1. The summed E-state index contributed by atoms with van der Waals surface area (Å²) >= 11 is 6.26. The van der Waals surface area contributed by atoms with Crippen molar-refractivity contribution in [1.82, 2.24) is 25.8 Å². The Morgan fingerprint density at radius 2 is 2.13 bits per heavy atom. The molecule has 5 N–H and O–H groups in total. The largest absolute Gasteiger partial charge is 0.374 e. The van der Waals surface area contributed by atoms with Crippen LogP contribution in [-0.2, 0) is 4.79 Å². The molecule has 0 aromatic carbocycles. The van der Waals surface area contributed by atoms with Gasteiger partial charge in [0.2, 0.25) is 0 Å². The Labute approximate surface area is 182 Å². The van der Waals surface area contributed by atoms with E-state index in [0.717, 1.165) is 66.5 Å². The van der Waals surface area contributed by atoms with Gasteiger partial charge in [0.25, 0.3) is 5.91 Å². The number of H-pyrrole nitrogens is 1. The molecular formula is C22H30ClN5O2. The van der Waals surface area contributed by atoms with E-state index in [1.54, 1.807) is 0 Å². The van der Waals surface area contributed by atoms with Gasteiger partial charge in [0.15, 0.2) is 0 Å². The monoisotopic (exact) mass is 431 g/mol. The minimum Gasteiger partial charge on any atom is -0.374 e. The lowest BCUT2D eigenvalue weighted by molar-refractivity contribution is -0.115. The van der Waals surface area contributed by atoms with Gasteiger partial charge in [0.1, 0.15) is 6.23 Å². The fraction of sp³-hybridized carbons (Fsp3) is 0.500. The highest BCUT2D eigenvalue weighted by atomic mass is 35.5. The summed E-state index contributed by atoms with van der Waals surface area (Å²) in [6, 6.07) is 0. The molecule has 0 saturated carbocycles. The Hall–Kier alpha value is -1.90. The number of carbonyl (C=O) groups is 1. The highest BCUT2D eigenvalue weighted by Crippen LogP contribution is 2.34. The van der Waals surface area contributed by atoms with Crippen molar-refractivity contribution in [1.29, 1.82) is 0 Å². The van der Waals surface area contributed by atoms with Crippen LogP contribution in [0.2, 0.25) is 0 Å². The summed E-state index contributed by atoms with van der Waals surface area (Å²) in [5.74, 6) is -0.124. The molecular weight excluding hydrogens is 402 g/mol. The van der Waals surface area contributed by atoms with Crippen LogP contribution in [0.4, 0.5) is 0 Å². The van der Waals surface area contributed by atoms with Gasteiger partial charge in [-0.15, -0.1) is 11.6 Å². The average molecular weight is 432 g/mol. The molecule has 4 rings (SSSR count). The van der Waals surface area contributed by atoms with E-state index in [4.69, 9.17) is 11.6 Å². The summed E-state index contributed by atoms with van der Waals surface area (Å²) < 4.78 is 0. The first kappa shape index (κ1) is 21.3. The lowest BCUT2D eigenvalue weighted by atomic mass is 9.98. The van der Waals surface area contributed by atoms with Gasteiger partial charge in [0, 0.05) is 67.5 Å². The van der Waals surface area contributed by atoms with Gasteiger partial charge in [-0.1, -0.05) is 12.2 Å². The third-order valence-electron chi connectivity index (χ3n) is 6.04. The standard InChI is InChI=1S/C22H30ClN5O2/c1-13-19(12-17-16-11-15(23)3-4-18(16)27-21(17)29)26-14(2)20(13)22(30)25-7-10-28-8-5-24-6-9-28/h4,11-12,15,22,24-26,30H,3,5-10H2,1-2H3,(H,27,29)/b17-12-. The summed E-state index contributed by atoms with van der Waals surface area (Å²) in [7, 11) is 0. The van der Waals surface area contributed by atoms with Crippen LogP contribution >= 0.6 is 11.6 Å². The van der Waals surface area contributed by atoms with Gasteiger partial charge < -0.3 is 20.7 Å². The molecule has 2 unspecified atom stereocenters. The van der Waals surface area contributed by atoms with Crippen LogP contribution in [0.3, 0.4) is 0 Å². The first-order chi connectivity index (χ1) is 14.4. The van der Waals surface area contributed by atoms with E-state index in [0.29, 0.717) is 18.5 Å². The molecule has 0 bridgehead atoms. The third kappa shape index (κ3) is 4.40. The number of alkyl halides is 1. The summed E-state index contributed by atoms with van der Waals surface area (Å²) in [6.45, 7) is 9.63. The molecule has 2 saturated heterocycles. The van der Waals surface area contributed by atoms with E-state index in [-0.39, 0.29) is 11.3 Å². The van der Waals surface area contributed by atoms with Gasteiger partial charge in [-0.05, 0) is 31.9 Å². The molecule has 0 radical (unpaired) electrons. The van der Waals surface area contributed by atoms with Crippen molar-refractivity contribution in [3.63, 3.8) is 0 Å². The topological polar surface area (TPSA) is 92.4 Å². The lowest BCUT2D eigenvalue weighted by Gasteiger charge is -2.27. The number of aryl methyl sites for hydroxylation is 1. The summed E-state index contributed by atoms with van der Waals surface area (Å²) in [5, 5.41) is 20.1. The van der Waals surface area contributed by atoms with E-state index < -0.39 is 6.23 Å². The minimum atomic E-state index is -0.759. The fourth-order valence-electron chi connectivity index (χ4n) is 4.37. The lowest BCUT2D eigenvalue weighted by Crippen LogP contribution is -2.46. The number of aromatic amines is 1. The second-order valence-corrected chi connectivity index (χ2v) is 8.67. The minimum absolute atomic E-state index is 0.108. The number of allylic oxidation sites excluding steroid dienone is 3. The second kappa shape index (κ2) is 9.08. The molecule has 3 heterocycles. The Bertz CT molecular complexity index is 911. The van der Waals surface area contributed by atoms with Crippen LogP contribution in [0.1, 0.15) is 35.2 Å². The second-order valence-electron chi connectivity index (χ2n) is 8.11. The van der Waals surface area contributed by atoms with Crippen molar-refractivity contribution < 1.29 is 9.90 Å². The Morgan fingerprint density at radius 3 is 2.90 bits per heavy atom. The molecule has 7 nitrogen and oxygen atoms in total. The Kier molecular flexibility index (Phi) is 6.46. The van der Waals surface area contributed by atoms with Gasteiger partial charge in [-0.25, -0.2) is 0 Å². The van der Waals surface area contributed by atoms with Gasteiger partial charge >= 0.3 is 0 Å². The predicted octanol–water partition coefficient (Wildman–Crippen LogP) is 1.45. The van der Waals surface area contributed by atoms with Crippen molar-refractivity contribution in [3.8, 4) is 0 Å².